The first kappa shape index (κ1) is 86.0. The molecule has 7 aromatic heterocycles. The monoisotopic (exact) mass is 1650 g/mol. The van der Waals surface area contributed by atoms with Gasteiger partial charge in [0.15, 0.2) is 0 Å². The van der Waals surface area contributed by atoms with Gasteiger partial charge in [0.2, 0.25) is 0 Å². The number of pyridine rings is 4. The molecule has 0 radical (unpaired) electrons. The predicted molar refractivity (Wildman–Crippen MR) is 431 cm³/mol. The second kappa shape index (κ2) is 40.6. The number of alkyl halides is 1. The van der Waals surface area contributed by atoms with Crippen molar-refractivity contribution in [1.82, 2.24) is 39.5 Å². The van der Waals surface area contributed by atoms with Gasteiger partial charge >= 0.3 is 7.12 Å². The zero-order valence-corrected chi connectivity index (χ0v) is 64.4. The van der Waals surface area contributed by atoms with E-state index in [2.05, 4.69) is 90.6 Å². The molecule has 14 rings (SSSR count). The molecule has 103 heavy (non-hydrogen) atoms. The number of halogens is 6. The van der Waals surface area contributed by atoms with Crippen LogP contribution in [0.2, 0.25) is 15.1 Å². The van der Waals surface area contributed by atoms with Crippen LogP contribution in [-0.2, 0) is 34.3 Å². The number of benzene rings is 4. The molecule has 0 aliphatic carbocycles. The Kier molecular flexibility index (Phi) is 33.9. The van der Waals surface area contributed by atoms with Crippen LogP contribution in [-0.4, -0.2) is 78.7 Å². The lowest BCUT2D eigenvalue weighted by Gasteiger charge is -2.33. The molecule has 3 aliphatic heterocycles. The smallest absolute Gasteiger partial charge is 0.399 e. The zero-order chi connectivity index (χ0) is 72.3. The maximum absolute atomic E-state index is 13.0. The van der Waals surface area contributed by atoms with Crippen LogP contribution in [0.4, 0.5) is 5.69 Å². The average Bonchev–Trinajstić information content (AvgIpc) is 1.67. The van der Waals surface area contributed by atoms with E-state index in [4.69, 9.17) is 57.7 Å². The van der Waals surface area contributed by atoms with Gasteiger partial charge in [0, 0.05) is 79.9 Å². The highest BCUT2D eigenvalue weighted by molar-refractivity contribution is 9.10. The highest BCUT2D eigenvalue weighted by Crippen LogP contribution is 2.37. The van der Waals surface area contributed by atoms with E-state index in [0.717, 1.165) is 112 Å². The molecule has 3 saturated heterocycles. The number of aromatic nitrogens is 7. The number of nitrogens with one attached hydrogen (secondary N) is 2. The van der Waals surface area contributed by atoms with Crippen LogP contribution in [0.25, 0.3) is 22.3 Å². The minimum Gasteiger partial charge on any atom is -0.399 e. The molecule has 25 heteroatoms. The van der Waals surface area contributed by atoms with E-state index in [1.54, 1.807) is 44.3 Å². The Labute approximate surface area is 644 Å². The first-order valence-electron chi connectivity index (χ1n) is 32.3. The third-order valence-electron chi connectivity index (χ3n) is 16.7. The van der Waals surface area contributed by atoms with Crippen LogP contribution in [0.1, 0.15) is 119 Å². The molecule has 11 aromatic rings. The topological polar surface area (TPSA) is 211 Å². The van der Waals surface area contributed by atoms with Gasteiger partial charge in [0.05, 0.1) is 47.9 Å². The summed E-state index contributed by atoms with van der Waals surface area (Å²) in [5, 5.41) is 16.6. The molecule has 0 atom stereocenters. The second-order valence-corrected chi connectivity index (χ2v) is 28.3. The van der Waals surface area contributed by atoms with Crippen LogP contribution in [0.5, 0.6) is 0 Å². The number of H-pyrrole nitrogens is 1. The van der Waals surface area contributed by atoms with Crippen LogP contribution in [0.15, 0.2) is 212 Å². The second-order valence-electron chi connectivity index (χ2n) is 24.7. The highest BCUT2D eigenvalue weighted by Gasteiger charge is 2.53. The molecule has 4 aromatic carbocycles. The molecule has 3 fully saturated rings. The van der Waals surface area contributed by atoms with Crippen LogP contribution >= 0.6 is 82.6 Å². The van der Waals surface area contributed by atoms with Gasteiger partial charge in [-0.3, -0.25) is 19.2 Å². The first-order chi connectivity index (χ1) is 47.7. The Bertz CT molecular complexity index is 4640. The zero-order valence-electron chi connectivity index (χ0n) is 57.4. The van der Waals surface area contributed by atoms with Gasteiger partial charge in [-0.25, -0.2) is 0 Å². The number of hydrogen-bond donors (Lipinski definition) is 2. The Morgan fingerprint density at radius 1 is 0.495 bits per heavy atom. The number of rotatable bonds is 11. The molecular weight excluding hydrogens is 1560 g/mol. The number of hydrogen-bond acceptors (Lipinski definition) is 14. The van der Waals surface area contributed by atoms with E-state index in [-0.39, 0.29) is 77.9 Å². The van der Waals surface area contributed by atoms with E-state index >= 15 is 0 Å². The van der Waals surface area contributed by atoms with Crippen LogP contribution in [0, 0.1) is 41.5 Å². The van der Waals surface area contributed by atoms with Crippen molar-refractivity contribution in [3.63, 3.8) is 0 Å². The third-order valence-corrected chi connectivity index (χ3v) is 19.0. The summed E-state index contributed by atoms with van der Waals surface area (Å²) in [7, 11) is -0.378. The van der Waals surface area contributed by atoms with E-state index in [0.29, 0.717) is 25.4 Å². The van der Waals surface area contributed by atoms with Crippen LogP contribution < -0.4 is 37.9 Å². The van der Waals surface area contributed by atoms with E-state index < -0.39 is 0 Å². The molecule has 18 nitrogen and oxygen atoms in total. The number of anilines is 1. The fourth-order valence-corrected chi connectivity index (χ4v) is 12.4. The average molecular weight is 1660 g/mol. The van der Waals surface area contributed by atoms with Gasteiger partial charge < -0.3 is 51.8 Å². The van der Waals surface area contributed by atoms with E-state index in [1.807, 2.05) is 191 Å². The van der Waals surface area contributed by atoms with Gasteiger partial charge in [-0.15, -0.1) is 0 Å². The predicted octanol–water partition coefficient (Wildman–Crippen LogP) is 18.4. The molecule has 10 heterocycles. The Balaban J connectivity index is 0.000000226. The van der Waals surface area contributed by atoms with Crippen LogP contribution in [0.3, 0.4) is 0 Å². The van der Waals surface area contributed by atoms with Crippen molar-refractivity contribution in [1.29, 1.82) is 0 Å². The summed E-state index contributed by atoms with van der Waals surface area (Å²) < 4.78 is 34.1. The van der Waals surface area contributed by atoms with Crippen molar-refractivity contribution in [3.8, 4) is 22.3 Å². The van der Waals surface area contributed by atoms with Gasteiger partial charge in [-0.1, -0.05) is 210 Å². The number of aromatic amines is 1. The third kappa shape index (κ3) is 23.9. The summed E-state index contributed by atoms with van der Waals surface area (Å²) in [5.74, 6) is 2.24. The highest BCUT2D eigenvalue weighted by atomic mass is 79.9. The van der Waals surface area contributed by atoms with E-state index in [9.17, 15) is 19.2 Å². The van der Waals surface area contributed by atoms with Gasteiger partial charge in [0.25, 0.3) is 22.2 Å². The summed E-state index contributed by atoms with van der Waals surface area (Å²) in [6, 6.07) is 46.7. The SMILES string of the molecule is BrCc1ccccc1.C.C.C.C1CNC1.Cc1noc(C)c1-c1cc(Cl)c(=O)n(Cc2ccccc2)c1.Cc1noc(C)c1-c1cc(N2CCC2)c(=O)n(Cc2ccccc2)c1.Cc1noc(C)c1B1OC(C)(C)C(C)(C)O1.O=c1[nH]cc(Br)cc1Cl.O=c1c(Cl)cc(Br)cn1Cc1ccccc1. The first-order valence-corrected chi connectivity index (χ1v) is 36.1. The maximum Gasteiger partial charge on any atom is 0.500 e. The Morgan fingerprint density at radius 3 is 1.22 bits per heavy atom. The molecule has 2 N–H and O–H groups in total. The number of nitrogens with zero attached hydrogens (tertiary/aromatic N) is 7. The summed E-state index contributed by atoms with van der Waals surface area (Å²) in [5.41, 5.74) is 11.1. The molecule has 3 aliphatic rings. The largest absolute Gasteiger partial charge is 0.500 e. The summed E-state index contributed by atoms with van der Waals surface area (Å²) in [6.07, 6.45) is 9.52. The molecule has 0 unspecified atom stereocenters. The lowest BCUT2D eigenvalue weighted by atomic mass is 9.77. The van der Waals surface area contributed by atoms with Gasteiger partial charge in [0.1, 0.15) is 38.0 Å². The molecule has 0 bridgehead atoms. The number of aryl methyl sites for hydroxylation is 6. The van der Waals surface area contributed by atoms with Gasteiger partial charge in [-0.05, 0) is 174 Å². The standard InChI is InChI=1S/C20H21N3O2.C17H15ClN2O2.C12H9BrClNO.C11H18BNO3.C7H7Br.C5H3BrClNO.C3H7N.3CH4/c1-14-19(15(2)25-21-14)17-11-18(22-9-6-10-22)20(24)23(13-17)12-16-7-4-3-5-8-16;1-11-16(12(2)22-19-11)14-8-15(18)17(21)20(10-14)9-13-6-4-3-5-7-13;13-10-6-11(14)12(16)15(8-10)7-9-4-2-1-3-5-9;1-7-9(8(2)14-13-7)12-15-10(3,4)11(5,6)16-12;8-6-7-4-2-1-3-5-7;6-3-1-4(7)5(9)8-2-3;1-2-4-3-1;;;/h3-5,7-8,11,13H,6,9-10,12H2,1-2H3;3-8,10H,9H2,1-2H3;1-6,8H,7H2;1-6H3;1-5H,6H2;1-2H,(H,8,9);4H,1-3H2;3*1H4. The molecule has 0 saturated carbocycles. The minimum absolute atomic E-state index is 0. The lowest BCUT2D eigenvalue weighted by Crippen LogP contribution is -2.41. The van der Waals surface area contributed by atoms with Crippen molar-refractivity contribution in [2.45, 2.75) is 141 Å². The lowest BCUT2D eigenvalue weighted by molar-refractivity contribution is 0.00578. The molecule has 548 valence electrons. The van der Waals surface area contributed by atoms with Crippen molar-refractivity contribution >= 4 is 101 Å². The van der Waals surface area contributed by atoms with Gasteiger partial charge in [-0.2, -0.15) is 0 Å². The van der Waals surface area contributed by atoms with Crippen molar-refractivity contribution in [3.05, 3.63) is 292 Å². The quantitative estimate of drug-likeness (QED) is 0.0912. The Hall–Kier alpha value is -7.64. The summed E-state index contributed by atoms with van der Waals surface area (Å²) in [6.45, 7) is 25.4. The molecule has 0 spiro atoms. The van der Waals surface area contributed by atoms with Crippen molar-refractivity contribution < 1.29 is 22.9 Å². The van der Waals surface area contributed by atoms with Crippen molar-refractivity contribution in [2.24, 2.45) is 0 Å². The van der Waals surface area contributed by atoms with E-state index in [1.165, 1.54) is 31.3 Å². The maximum atomic E-state index is 13.0. The summed E-state index contributed by atoms with van der Waals surface area (Å²) >= 11 is 27.2. The Morgan fingerprint density at radius 2 is 0.874 bits per heavy atom. The molecular formula is C78H92BBr3Cl3N9O9. The minimum atomic E-state index is -0.378. The fraction of sp³-hybridized carbons (Fsp3) is 0.321. The van der Waals surface area contributed by atoms with Crippen molar-refractivity contribution in [2.75, 3.05) is 31.1 Å². The molecule has 0 amide bonds. The fourth-order valence-electron chi connectivity index (χ4n) is 10.3. The normalized spacial score (nSPS) is 13.3. The summed E-state index contributed by atoms with van der Waals surface area (Å²) in [4.78, 5) is 52.1.